The van der Waals surface area contributed by atoms with Gasteiger partial charge in [0.1, 0.15) is 5.82 Å². The van der Waals surface area contributed by atoms with Crippen LogP contribution in [0.1, 0.15) is 43.1 Å². The number of hydrogen-bond acceptors (Lipinski definition) is 1. The average Bonchev–Trinajstić information content (AvgIpc) is 2.82. The predicted molar refractivity (Wildman–Crippen MR) is 88.8 cm³/mol. The molecule has 0 aliphatic heterocycles. The molecule has 2 rings (SSSR count). The van der Waals surface area contributed by atoms with E-state index in [1.165, 1.54) is 5.56 Å². The molecule has 0 spiro atoms. The second-order valence-electron chi connectivity index (χ2n) is 5.26. The Kier molecular flexibility index (Phi) is 6.09. The van der Waals surface area contributed by atoms with Crippen LogP contribution in [-0.4, -0.2) is 9.97 Å². The van der Waals surface area contributed by atoms with E-state index >= 15 is 0 Å². The van der Waals surface area contributed by atoms with E-state index in [1.807, 2.05) is 12.1 Å². The van der Waals surface area contributed by atoms with Crippen molar-refractivity contribution in [2.24, 2.45) is 5.92 Å². The lowest BCUT2D eigenvalue weighted by Crippen LogP contribution is -2.02. The molecule has 0 aliphatic carbocycles. The van der Waals surface area contributed by atoms with Crippen molar-refractivity contribution in [2.75, 3.05) is 0 Å². The van der Waals surface area contributed by atoms with Gasteiger partial charge in [-0.15, -0.1) is 24.0 Å². The molecular formula is C16H22Cl2N2. The van der Waals surface area contributed by atoms with E-state index < -0.39 is 0 Å². The molecule has 1 N–H and O–H groups in total. The van der Waals surface area contributed by atoms with Gasteiger partial charge in [0.25, 0.3) is 0 Å². The minimum absolute atomic E-state index is 0. The number of halogens is 2. The topological polar surface area (TPSA) is 28.7 Å². The number of H-pyrrole nitrogens is 1. The fraction of sp³-hybridized carbons (Fsp3) is 0.438. The number of nitrogens with zero attached hydrogens (tertiary/aromatic N) is 1. The highest BCUT2D eigenvalue weighted by atomic mass is 35.5. The van der Waals surface area contributed by atoms with Crippen LogP contribution in [0.5, 0.6) is 0 Å². The van der Waals surface area contributed by atoms with Crippen LogP contribution in [0.3, 0.4) is 0 Å². The Balaban J connectivity index is 0.00000200. The summed E-state index contributed by atoms with van der Waals surface area (Å²) in [5.74, 6) is 1.30. The van der Waals surface area contributed by atoms with Crippen molar-refractivity contribution < 1.29 is 0 Å². The number of benzene rings is 1. The summed E-state index contributed by atoms with van der Waals surface area (Å²) in [4.78, 5) is 8.17. The molecule has 1 aromatic carbocycles. The van der Waals surface area contributed by atoms with Crippen LogP contribution in [0.2, 0.25) is 0 Å². The Morgan fingerprint density at radius 3 is 2.45 bits per heavy atom. The van der Waals surface area contributed by atoms with Gasteiger partial charge in [0.05, 0.1) is 11.1 Å². The minimum Gasteiger partial charge on any atom is -0.342 e. The quantitative estimate of drug-likeness (QED) is 0.762. The molecule has 0 aliphatic rings. The summed E-state index contributed by atoms with van der Waals surface area (Å²) in [6.07, 6.45) is 0.921. The summed E-state index contributed by atoms with van der Waals surface area (Å²) in [5, 5.41) is -0.0380. The van der Waals surface area contributed by atoms with Gasteiger partial charge in [0.2, 0.25) is 0 Å². The third kappa shape index (κ3) is 3.36. The largest absolute Gasteiger partial charge is 0.342 e. The van der Waals surface area contributed by atoms with Crippen molar-refractivity contribution >= 4 is 24.0 Å². The summed E-state index contributed by atoms with van der Waals surface area (Å²) >= 11 is 6.48. The van der Waals surface area contributed by atoms with E-state index in [4.69, 9.17) is 16.6 Å². The summed E-state index contributed by atoms with van der Waals surface area (Å²) in [6.45, 7) is 8.48. The van der Waals surface area contributed by atoms with Crippen molar-refractivity contribution in [3.05, 3.63) is 41.2 Å². The zero-order valence-electron chi connectivity index (χ0n) is 12.4. The maximum absolute atomic E-state index is 6.48. The molecule has 0 amide bonds. The minimum atomic E-state index is -0.0380. The lowest BCUT2D eigenvalue weighted by molar-refractivity contribution is 0.610. The lowest BCUT2D eigenvalue weighted by Gasteiger charge is -2.11. The average molecular weight is 313 g/mol. The molecule has 0 fully saturated rings. The molecule has 1 aromatic heterocycles. The van der Waals surface area contributed by atoms with Crippen LogP contribution in [0.4, 0.5) is 0 Å². The highest BCUT2D eigenvalue weighted by molar-refractivity contribution is 6.20. The third-order valence-electron chi connectivity index (χ3n) is 3.41. The molecule has 4 heteroatoms. The SMILES string of the molecule is CCc1[nH]c(-c2ccccc2C)nc1C(Cl)C(C)C.Cl. The Hall–Kier alpha value is -0.990. The molecule has 20 heavy (non-hydrogen) atoms. The highest BCUT2D eigenvalue weighted by Gasteiger charge is 2.21. The second kappa shape index (κ2) is 7.14. The standard InChI is InChI=1S/C16H21ClN2.ClH/c1-5-13-15(14(17)10(2)3)19-16(18-13)12-9-7-6-8-11(12)4;/h6-10,14H,5H2,1-4H3,(H,18,19);1H. The van der Waals surface area contributed by atoms with E-state index in [2.05, 4.69) is 44.8 Å². The van der Waals surface area contributed by atoms with Crippen molar-refractivity contribution in [2.45, 2.75) is 39.5 Å². The van der Waals surface area contributed by atoms with Gasteiger partial charge in [-0.25, -0.2) is 4.98 Å². The molecule has 0 radical (unpaired) electrons. The number of imidazole rings is 1. The molecule has 1 heterocycles. The number of aromatic amines is 1. The molecule has 0 bridgehead atoms. The number of nitrogens with one attached hydrogen (secondary N) is 1. The number of aromatic nitrogens is 2. The maximum atomic E-state index is 6.48. The van der Waals surface area contributed by atoms with Gasteiger partial charge in [0.15, 0.2) is 0 Å². The summed E-state index contributed by atoms with van der Waals surface area (Å²) in [5.41, 5.74) is 4.52. The lowest BCUT2D eigenvalue weighted by atomic mass is 10.1. The first-order valence-corrected chi connectivity index (χ1v) is 7.27. The first kappa shape index (κ1) is 17.1. The number of rotatable bonds is 4. The van der Waals surface area contributed by atoms with Crippen LogP contribution >= 0.6 is 24.0 Å². The zero-order chi connectivity index (χ0) is 14.0. The van der Waals surface area contributed by atoms with E-state index in [1.54, 1.807) is 0 Å². The van der Waals surface area contributed by atoms with Crippen molar-refractivity contribution in [1.82, 2.24) is 9.97 Å². The van der Waals surface area contributed by atoms with Gasteiger partial charge in [-0.1, -0.05) is 45.0 Å². The number of aryl methyl sites for hydroxylation is 2. The smallest absolute Gasteiger partial charge is 0.138 e. The zero-order valence-corrected chi connectivity index (χ0v) is 14.0. The number of hydrogen-bond donors (Lipinski definition) is 1. The van der Waals surface area contributed by atoms with E-state index in [-0.39, 0.29) is 17.8 Å². The summed E-state index contributed by atoms with van der Waals surface area (Å²) in [6, 6.07) is 8.28. The summed E-state index contributed by atoms with van der Waals surface area (Å²) in [7, 11) is 0. The Morgan fingerprint density at radius 1 is 1.25 bits per heavy atom. The summed E-state index contributed by atoms with van der Waals surface area (Å²) < 4.78 is 0. The van der Waals surface area contributed by atoms with Gasteiger partial charge >= 0.3 is 0 Å². The Bertz CT molecular complexity index is 561. The molecule has 2 nitrogen and oxygen atoms in total. The fourth-order valence-corrected chi connectivity index (χ4v) is 2.38. The van der Waals surface area contributed by atoms with Crippen LogP contribution < -0.4 is 0 Å². The first-order chi connectivity index (χ1) is 9.04. The van der Waals surface area contributed by atoms with E-state index in [0.717, 1.165) is 29.2 Å². The van der Waals surface area contributed by atoms with Crippen molar-refractivity contribution in [3.8, 4) is 11.4 Å². The van der Waals surface area contributed by atoms with Crippen molar-refractivity contribution in [3.63, 3.8) is 0 Å². The Morgan fingerprint density at radius 2 is 1.90 bits per heavy atom. The highest BCUT2D eigenvalue weighted by Crippen LogP contribution is 2.32. The molecule has 0 saturated heterocycles. The fourth-order valence-electron chi connectivity index (χ4n) is 2.20. The van der Waals surface area contributed by atoms with Gasteiger partial charge < -0.3 is 4.98 Å². The monoisotopic (exact) mass is 312 g/mol. The first-order valence-electron chi connectivity index (χ1n) is 6.83. The van der Waals surface area contributed by atoms with Crippen LogP contribution in [0.15, 0.2) is 24.3 Å². The van der Waals surface area contributed by atoms with Gasteiger partial charge in [0, 0.05) is 11.3 Å². The molecule has 0 saturated carbocycles. The van der Waals surface area contributed by atoms with E-state index in [0.29, 0.717) is 5.92 Å². The number of alkyl halides is 1. The van der Waals surface area contributed by atoms with Crippen LogP contribution in [0, 0.1) is 12.8 Å². The van der Waals surface area contributed by atoms with E-state index in [9.17, 15) is 0 Å². The predicted octanol–water partition coefficient (Wildman–Crippen LogP) is 5.31. The van der Waals surface area contributed by atoms with Gasteiger partial charge in [-0.2, -0.15) is 0 Å². The third-order valence-corrected chi connectivity index (χ3v) is 4.12. The normalized spacial score (nSPS) is 12.3. The van der Waals surface area contributed by atoms with Crippen molar-refractivity contribution in [1.29, 1.82) is 0 Å². The molecule has 1 unspecified atom stereocenters. The van der Waals surface area contributed by atoms with Gasteiger partial charge in [-0.3, -0.25) is 0 Å². The van der Waals surface area contributed by atoms with Crippen LogP contribution in [0.25, 0.3) is 11.4 Å². The van der Waals surface area contributed by atoms with Gasteiger partial charge in [-0.05, 0) is 24.8 Å². The molecule has 110 valence electrons. The van der Waals surface area contributed by atoms with Crippen LogP contribution in [-0.2, 0) is 6.42 Å². The maximum Gasteiger partial charge on any atom is 0.138 e. The molecule has 1 atom stereocenters. The molecular weight excluding hydrogens is 291 g/mol. The second-order valence-corrected chi connectivity index (χ2v) is 5.73. The molecule has 2 aromatic rings. The Labute approximate surface area is 132 Å².